The van der Waals surface area contributed by atoms with E-state index in [0.29, 0.717) is 31.4 Å². The number of nitrogens with zero attached hydrogens (tertiary/aromatic N) is 4. The Morgan fingerprint density at radius 2 is 1.80 bits per heavy atom. The zero-order chi connectivity index (χ0) is 25.3. The van der Waals surface area contributed by atoms with Gasteiger partial charge in [-0.2, -0.15) is 0 Å². The maximum Gasteiger partial charge on any atom is 0.296 e. The molecule has 0 radical (unpaired) electrons. The quantitative estimate of drug-likeness (QED) is 0.587. The fourth-order valence-electron chi connectivity index (χ4n) is 4.59. The lowest BCUT2D eigenvalue weighted by Gasteiger charge is -2.28. The molecular formula is C24H28FN5O5. The van der Waals surface area contributed by atoms with E-state index in [1.807, 2.05) is 0 Å². The van der Waals surface area contributed by atoms with E-state index in [0.717, 1.165) is 6.42 Å². The van der Waals surface area contributed by atoms with Gasteiger partial charge < -0.3 is 20.2 Å². The predicted molar refractivity (Wildman–Crippen MR) is 124 cm³/mol. The van der Waals surface area contributed by atoms with Crippen LogP contribution in [0.1, 0.15) is 66.4 Å². The number of anilines is 1. The van der Waals surface area contributed by atoms with Crippen LogP contribution in [-0.4, -0.2) is 51.4 Å². The third kappa shape index (κ3) is 4.75. The summed E-state index contributed by atoms with van der Waals surface area (Å²) in [5.74, 6) is -2.39. The highest BCUT2D eigenvalue weighted by molar-refractivity contribution is 5.96. The Kier molecular flexibility index (Phi) is 6.86. The Morgan fingerprint density at radius 3 is 2.57 bits per heavy atom. The summed E-state index contributed by atoms with van der Waals surface area (Å²) in [6, 6.07) is 3.30. The molecule has 0 saturated heterocycles. The second-order valence-electron chi connectivity index (χ2n) is 8.90. The average Bonchev–Trinajstić information content (AvgIpc) is 3.06. The Morgan fingerprint density at radius 1 is 1.06 bits per heavy atom. The summed E-state index contributed by atoms with van der Waals surface area (Å²) in [6.45, 7) is 0.225. The van der Waals surface area contributed by atoms with Crippen LogP contribution in [0, 0.1) is 5.82 Å². The predicted octanol–water partition coefficient (Wildman–Crippen LogP) is 1.85. The zero-order valence-corrected chi connectivity index (χ0v) is 19.7. The van der Waals surface area contributed by atoms with Gasteiger partial charge in [0.05, 0.1) is 11.7 Å². The third-order valence-corrected chi connectivity index (χ3v) is 6.66. The number of hydrogen-bond donors (Lipinski definition) is 2. The van der Waals surface area contributed by atoms with Crippen LogP contribution in [0.2, 0.25) is 0 Å². The highest BCUT2D eigenvalue weighted by atomic mass is 19.1. The molecule has 1 atom stereocenters. The molecule has 0 fully saturated rings. The van der Waals surface area contributed by atoms with Crippen molar-refractivity contribution in [2.24, 2.45) is 0 Å². The molecule has 1 unspecified atom stereocenters. The monoisotopic (exact) mass is 485 g/mol. The number of amides is 3. The summed E-state index contributed by atoms with van der Waals surface area (Å²) in [5, 5.41) is 13.1. The van der Waals surface area contributed by atoms with E-state index < -0.39 is 34.8 Å². The van der Waals surface area contributed by atoms with E-state index in [2.05, 4.69) is 10.3 Å². The fraction of sp³-hybridized carbons (Fsp3) is 0.458. The van der Waals surface area contributed by atoms with Crippen molar-refractivity contribution < 1.29 is 23.9 Å². The molecule has 4 rings (SSSR count). The van der Waals surface area contributed by atoms with Gasteiger partial charge in [0.2, 0.25) is 17.6 Å². The molecule has 2 aliphatic heterocycles. The molecule has 186 valence electrons. The van der Waals surface area contributed by atoms with E-state index in [-0.39, 0.29) is 42.7 Å². The van der Waals surface area contributed by atoms with Crippen LogP contribution in [0.4, 0.5) is 10.1 Å². The second-order valence-corrected chi connectivity index (χ2v) is 8.90. The van der Waals surface area contributed by atoms with Crippen molar-refractivity contribution in [3.8, 4) is 5.75 Å². The molecule has 3 amide bonds. The molecule has 11 heteroatoms. The SMILES string of the molecule is CN1C(=O)CCCC(=O)N(C)C2CCCCn3c2nc(c(O)c3=O)C(=O)NCc2ccc(F)cc21. The number of aromatic nitrogens is 2. The minimum absolute atomic E-state index is 0.0787. The lowest BCUT2D eigenvalue weighted by molar-refractivity contribution is -0.132. The number of carbonyl (C=O) groups is 3. The molecule has 1 aromatic carbocycles. The van der Waals surface area contributed by atoms with Gasteiger partial charge in [0, 0.05) is 40.0 Å². The van der Waals surface area contributed by atoms with Crippen molar-refractivity contribution >= 4 is 23.4 Å². The van der Waals surface area contributed by atoms with Gasteiger partial charge >= 0.3 is 0 Å². The van der Waals surface area contributed by atoms with E-state index in [1.54, 1.807) is 7.05 Å². The summed E-state index contributed by atoms with van der Waals surface area (Å²) in [5.41, 5.74) is -0.441. The van der Waals surface area contributed by atoms with Gasteiger partial charge in [0.15, 0.2) is 5.69 Å². The maximum atomic E-state index is 14.0. The summed E-state index contributed by atoms with van der Waals surface area (Å²) in [4.78, 5) is 58.9. The Balaban J connectivity index is 1.81. The van der Waals surface area contributed by atoms with E-state index in [4.69, 9.17) is 0 Å². The van der Waals surface area contributed by atoms with Gasteiger partial charge in [-0.1, -0.05) is 6.07 Å². The molecule has 0 spiro atoms. The van der Waals surface area contributed by atoms with Crippen molar-refractivity contribution in [2.45, 2.75) is 57.7 Å². The van der Waals surface area contributed by atoms with Crippen LogP contribution in [0.15, 0.2) is 23.0 Å². The maximum absolute atomic E-state index is 14.0. The van der Waals surface area contributed by atoms with E-state index in [9.17, 15) is 28.7 Å². The Bertz CT molecular complexity index is 1240. The minimum Gasteiger partial charge on any atom is -0.501 e. The summed E-state index contributed by atoms with van der Waals surface area (Å²) < 4.78 is 15.3. The molecule has 3 heterocycles. The topological polar surface area (TPSA) is 125 Å². The molecule has 2 bridgehead atoms. The van der Waals surface area contributed by atoms with Crippen LogP contribution in [0.25, 0.3) is 0 Å². The van der Waals surface area contributed by atoms with E-state index in [1.165, 1.54) is 39.6 Å². The van der Waals surface area contributed by atoms with Gasteiger partial charge in [0.25, 0.3) is 11.5 Å². The van der Waals surface area contributed by atoms with Gasteiger partial charge in [-0.25, -0.2) is 9.37 Å². The lowest BCUT2D eigenvalue weighted by Crippen LogP contribution is -2.37. The molecule has 1 aromatic heterocycles. The second kappa shape index (κ2) is 9.85. The molecule has 0 saturated carbocycles. The van der Waals surface area contributed by atoms with Gasteiger partial charge in [-0.15, -0.1) is 0 Å². The van der Waals surface area contributed by atoms with Gasteiger partial charge in [0.1, 0.15) is 11.6 Å². The molecule has 2 aromatic rings. The third-order valence-electron chi connectivity index (χ3n) is 6.66. The van der Waals surface area contributed by atoms with Crippen LogP contribution < -0.4 is 15.8 Å². The van der Waals surface area contributed by atoms with Crippen molar-refractivity contribution in [1.82, 2.24) is 19.8 Å². The van der Waals surface area contributed by atoms with Gasteiger partial charge in [-0.05, 0) is 43.4 Å². The van der Waals surface area contributed by atoms with E-state index >= 15 is 0 Å². The molecule has 0 aliphatic carbocycles. The van der Waals surface area contributed by atoms with Crippen molar-refractivity contribution in [3.05, 3.63) is 51.5 Å². The van der Waals surface area contributed by atoms with Crippen LogP contribution in [-0.2, 0) is 22.7 Å². The Labute approximate surface area is 201 Å². The normalized spacial score (nSPS) is 19.7. The number of hydrogen-bond acceptors (Lipinski definition) is 6. The largest absolute Gasteiger partial charge is 0.501 e. The van der Waals surface area contributed by atoms with Crippen molar-refractivity contribution in [2.75, 3.05) is 19.0 Å². The number of rotatable bonds is 0. The van der Waals surface area contributed by atoms with Crippen LogP contribution >= 0.6 is 0 Å². The summed E-state index contributed by atoms with van der Waals surface area (Å²) in [7, 11) is 3.11. The molecule has 10 nitrogen and oxygen atoms in total. The number of aromatic hydroxyl groups is 1. The highest BCUT2D eigenvalue weighted by Crippen LogP contribution is 2.29. The average molecular weight is 486 g/mol. The molecular weight excluding hydrogens is 457 g/mol. The molecule has 2 N–H and O–H groups in total. The summed E-state index contributed by atoms with van der Waals surface area (Å²) in [6.07, 6.45) is 2.40. The first kappa shape index (κ1) is 24.4. The number of nitrogens with one attached hydrogen (secondary N) is 1. The first-order chi connectivity index (χ1) is 16.7. The number of halogens is 1. The van der Waals surface area contributed by atoms with Crippen LogP contribution in [0.5, 0.6) is 5.75 Å². The first-order valence-electron chi connectivity index (χ1n) is 11.6. The minimum atomic E-state index is -0.795. The van der Waals surface area contributed by atoms with Crippen molar-refractivity contribution in [1.29, 1.82) is 0 Å². The molecule has 35 heavy (non-hydrogen) atoms. The van der Waals surface area contributed by atoms with Crippen LogP contribution in [0.3, 0.4) is 0 Å². The smallest absolute Gasteiger partial charge is 0.296 e. The fourth-order valence-corrected chi connectivity index (χ4v) is 4.59. The molecule has 2 aliphatic rings. The summed E-state index contributed by atoms with van der Waals surface area (Å²) >= 11 is 0. The van der Waals surface area contributed by atoms with Crippen molar-refractivity contribution in [3.63, 3.8) is 0 Å². The number of benzene rings is 1. The number of carbonyl (C=O) groups excluding carboxylic acids is 3. The Hall–Kier alpha value is -3.76. The lowest BCUT2D eigenvalue weighted by atomic mass is 10.1. The highest BCUT2D eigenvalue weighted by Gasteiger charge is 2.31. The zero-order valence-electron chi connectivity index (χ0n) is 19.7. The number of fused-ring (bicyclic) bond motifs is 2. The standard InChI is InChI=1S/C24H28FN5O5/c1-28-16-6-3-4-11-30-22(16)27-20(21(33)24(30)35)23(34)26-13-14-9-10-15(25)12-17(14)29(2)19(32)8-5-7-18(28)31/h9-10,12,16,33H,3-8,11,13H2,1-2H3,(H,26,34). The van der Waals surface area contributed by atoms with Gasteiger partial charge in [-0.3, -0.25) is 23.7 Å². The first-order valence-corrected chi connectivity index (χ1v) is 11.6.